The van der Waals surface area contributed by atoms with Gasteiger partial charge in [-0.25, -0.2) is 0 Å². The molecule has 1 saturated heterocycles. The molecule has 2 aliphatic rings. The highest BCUT2D eigenvalue weighted by atomic mass is 16.6. The summed E-state index contributed by atoms with van der Waals surface area (Å²) in [4.78, 5) is 0. The maximum absolute atomic E-state index is 5.90. The second-order valence-electron chi connectivity index (χ2n) is 4.72. The Morgan fingerprint density at radius 2 is 2.07 bits per heavy atom. The third-order valence-corrected chi connectivity index (χ3v) is 3.02. The molecule has 74 valence electrons. The standard InChI is InChI=1S/C12H14O2/c1-7-4-5-9-8(6-7)10-11(13-10)12(2,3)14-9/h4-6,10-11H,1-3H3/t10-,11?/m1/s1. The Bertz CT molecular complexity index is 395. The molecular weight excluding hydrogens is 176 g/mol. The number of aryl methyl sites for hydroxylation is 1. The highest BCUT2D eigenvalue weighted by Crippen LogP contribution is 2.53. The molecule has 0 bridgehead atoms. The number of ether oxygens (including phenoxy) is 2. The van der Waals surface area contributed by atoms with Gasteiger partial charge in [-0.1, -0.05) is 11.6 Å². The largest absolute Gasteiger partial charge is 0.485 e. The molecule has 0 amide bonds. The molecule has 1 fully saturated rings. The van der Waals surface area contributed by atoms with E-state index in [1.165, 1.54) is 11.1 Å². The van der Waals surface area contributed by atoms with Gasteiger partial charge in [0, 0.05) is 5.56 Å². The zero-order valence-electron chi connectivity index (χ0n) is 8.70. The van der Waals surface area contributed by atoms with E-state index in [9.17, 15) is 0 Å². The molecule has 2 heteroatoms. The van der Waals surface area contributed by atoms with E-state index < -0.39 is 0 Å². The molecule has 0 radical (unpaired) electrons. The summed E-state index contributed by atoms with van der Waals surface area (Å²) >= 11 is 0. The van der Waals surface area contributed by atoms with E-state index in [2.05, 4.69) is 32.9 Å². The van der Waals surface area contributed by atoms with Crippen LogP contribution >= 0.6 is 0 Å². The molecule has 14 heavy (non-hydrogen) atoms. The molecule has 0 aliphatic carbocycles. The fraction of sp³-hybridized carbons (Fsp3) is 0.500. The van der Waals surface area contributed by atoms with Crippen molar-refractivity contribution < 1.29 is 9.47 Å². The smallest absolute Gasteiger partial charge is 0.132 e. The van der Waals surface area contributed by atoms with Crippen molar-refractivity contribution in [2.24, 2.45) is 0 Å². The fourth-order valence-electron chi connectivity index (χ4n) is 2.20. The van der Waals surface area contributed by atoms with Crippen molar-refractivity contribution in [3.8, 4) is 5.75 Å². The lowest BCUT2D eigenvalue weighted by Crippen LogP contribution is -2.37. The molecule has 2 aliphatic heterocycles. The average Bonchev–Trinajstić information content (AvgIpc) is 2.86. The lowest BCUT2D eigenvalue weighted by Gasteiger charge is -2.29. The molecule has 2 heterocycles. The number of fused-ring (bicyclic) bond motifs is 3. The summed E-state index contributed by atoms with van der Waals surface area (Å²) < 4.78 is 11.6. The van der Waals surface area contributed by atoms with Crippen LogP contribution in [0.2, 0.25) is 0 Å². The lowest BCUT2D eigenvalue weighted by atomic mass is 9.93. The van der Waals surface area contributed by atoms with Gasteiger partial charge in [-0.3, -0.25) is 0 Å². The fourth-order valence-corrected chi connectivity index (χ4v) is 2.20. The predicted molar refractivity (Wildman–Crippen MR) is 53.5 cm³/mol. The lowest BCUT2D eigenvalue weighted by molar-refractivity contribution is 0.0725. The van der Waals surface area contributed by atoms with Gasteiger partial charge in [0.25, 0.3) is 0 Å². The van der Waals surface area contributed by atoms with Crippen LogP contribution in [-0.4, -0.2) is 11.7 Å². The molecule has 1 unspecified atom stereocenters. The molecule has 1 aromatic rings. The zero-order valence-corrected chi connectivity index (χ0v) is 8.70. The number of rotatable bonds is 0. The van der Waals surface area contributed by atoms with Crippen LogP contribution in [-0.2, 0) is 4.74 Å². The van der Waals surface area contributed by atoms with E-state index in [0.29, 0.717) is 0 Å². The highest BCUT2D eigenvalue weighted by molar-refractivity contribution is 5.44. The summed E-state index contributed by atoms with van der Waals surface area (Å²) in [7, 11) is 0. The van der Waals surface area contributed by atoms with Gasteiger partial charge in [0.1, 0.15) is 23.6 Å². The Kier molecular flexibility index (Phi) is 1.37. The van der Waals surface area contributed by atoms with E-state index in [4.69, 9.17) is 9.47 Å². The van der Waals surface area contributed by atoms with Crippen molar-refractivity contribution in [1.82, 2.24) is 0 Å². The number of hydrogen-bond acceptors (Lipinski definition) is 2. The van der Waals surface area contributed by atoms with Gasteiger partial charge in [0.05, 0.1) is 0 Å². The van der Waals surface area contributed by atoms with E-state index in [1.54, 1.807) is 0 Å². The van der Waals surface area contributed by atoms with Crippen LogP contribution in [0.5, 0.6) is 5.75 Å². The van der Waals surface area contributed by atoms with Crippen LogP contribution in [0.4, 0.5) is 0 Å². The molecule has 3 rings (SSSR count). The molecule has 1 aromatic carbocycles. The summed E-state index contributed by atoms with van der Waals surface area (Å²) in [5, 5.41) is 0. The minimum absolute atomic E-state index is 0.174. The van der Waals surface area contributed by atoms with Gasteiger partial charge in [-0.05, 0) is 32.9 Å². The maximum Gasteiger partial charge on any atom is 0.132 e. The van der Waals surface area contributed by atoms with Gasteiger partial charge >= 0.3 is 0 Å². The van der Waals surface area contributed by atoms with E-state index >= 15 is 0 Å². The summed E-state index contributed by atoms with van der Waals surface area (Å²) in [6.07, 6.45) is 0.519. The second kappa shape index (κ2) is 2.31. The molecule has 2 nitrogen and oxygen atoms in total. The topological polar surface area (TPSA) is 21.8 Å². The first-order valence-electron chi connectivity index (χ1n) is 5.03. The van der Waals surface area contributed by atoms with Crippen molar-refractivity contribution in [3.63, 3.8) is 0 Å². The van der Waals surface area contributed by atoms with Crippen molar-refractivity contribution in [3.05, 3.63) is 29.3 Å². The van der Waals surface area contributed by atoms with Gasteiger partial charge < -0.3 is 9.47 Å². The molecule has 2 atom stereocenters. The van der Waals surface area contributed by atoms with Gasteiger partial charge in [0.2, 0.25) is 0 Å². The van der Waals surface area contributed by atoms with E-state index in [1.807, 2.05) is 6.07 Å². The zero-order chi connectivity index (χ0) is 9.92. The second-order valence-corrected chi connectivity index (χ2v) is 4.72. The Hall–Kier alpha value is -1.02. The molecule has 0 spiro atoms. The first kappa shape index (κ1) is 8.30. The van der Waals surface area contributed by atoms with Gasteiger partial charge in [0.15, 0.2) is 0 Å². The Morgan fingerprint density at radius 1 is 1.29 bits per heavy atom. The minimum Gasteiger partial charge on any atom is -0.485 e. The van der Waals surface area contributed by atoms with Crippen LogP contribution in [0.15, 0.2) is 18.2 Å². The van der Waals surface area contributed by atoms with Gasteiger partial charge in [-0.2, -0.15) is 0 Å². The van der Waals surface area contributed by atoms with Crippen LogP contribution in [0.1, 0.15) is 31.1 Å². The summed E-state index contributed by atoms with van der Waals surface area (Å²) in [6, 6.07) is 6.29. The molecule has 0 N–H and O–H groups in total. The summed E-state index contributed by atoms with van der Waals surface area (Å²) in [6.45, 7) is 6.26. The van der Waals surface area contributed by atoms with Crippen molar-refractivity contribution >= 4 is 0 Å². The van der Waals surface area contributed by atoms with Crippen LogP contribution in [0.3, 0.4) is 0 Å². The van der Waals surface area contributed by atoms with Crippen molar-refractivity contribution in [1.29, 1.82) is 0 Å². The monoisotopic (exact) mass is 190 g/mol. The Balaban J connectivity index is 2.11. The number of benzene rings is 1. The Morgan fingerprint density at radius 3 is 2.86 bits per heavy atom. The van der Waals surface area contributed by atoms with Crippen LogP contribution in [0, 0.1) is 6.92 Å². The summed E-state index contributed by atoms with van der Waals surface area (Å²) in [5.41, 5.74) is 2.31. The number of hydrogen-bond donors (Lipinski definition) is 0. The summed E-state index contributed by atoms with van der Waals surface area (Å²) in [5.74, 6) is 0.986. The van der Waals surface area contributed by atoms with Crippen molar-refractivity contribution in [2.75, 3.05) is 0 Å². The molecule has 0 aromatic heterocycles. The van der Waals surface area contributed by atoms with Crippen LogP contribution < -0.4 is 4.74 Å². The van der Waals surface area contributed by atoms with Gasteiger partial charge in [-0.15, -0.1) is 0 Å². The third-order valence-electron chi connectivity index (χ3n) is 3.02. The predicted octanol–water partition coefficient (Wildman–Crippen LogP) is 2.61. The molecule has 0 saturated carbocycles. The van der Waals surface area contributed by atoms with E-state index in [0.717, 1.165) is 5.75 Å². The molecular formula is C12H14O2. The number of epoxide rings is 1. The average molecular weight is 190 g/mol. The minimum atomic E-state index is -0.174. The Labute approximate surface area is 83.8 Å². The normalized spacial score (nSPS) is 31.4. The van der Waals surface area contributed by atoms with Crippen LogP contribution in [0.25, 0.3) is 0 Å². The first-order chi connectivity index (χ1) is 6.58. The SMILES string of the molecule is Cc1ccc2c(c1)[C@H]1OC1C(C)(C)O2. The highest BCUT2D eigenvalue weighted by Gasteiger charge is 2.56. The van der Waals surface area contributed by atoms with Crippen molar-refractivity contribution in [2.45, 2.75) is 38.6 Å². The third kappa shape index (κ3) is 1.01. The quantitative estimate of drug-likeness (QED) is 0.586. The van der Waals surface area contributed by atoms with E-state index in [-0.39, 0.29) is 17.8 Å². The maximum atomic E-state index is 5.90. The first-order valence-corrected chi connectivity index (χ1v) is 5.03.